The van der Waals surface area contributed by atoms with Crippen LogP contribution < -0.4 is 15.5 Å². The number of carbonyl (C=O) groups excluding carboxylic acids is 2. The summed E-state index contributed by atoms with van der Waals surface area (Å²) in [5.41, 5.74) is 2.03. The second-order valence-corrected chi connectivity index (χ2v) is 5.99. The number of nitrogens with one attached hydrogen (secondary N) is 2. The largest absolute Gasteiger partial charge is 0.375 e. The first kappa shape index (κ1) is 18.1. The van der Waals surface area contributed by atoms with Gasteiger partial charge in [-0.3, -0.25) is 9.59 Å². The van der Waals surface area contributed by atoms with E-state index in [1.165, 1.54) is 11.8 Å². The van der Waals surface area contributed by atoms with E-state index in [1.807, 2.05) is 0 Å². The molecule has 2 N–H and O–H groups in total. The molecule has 0 radical (unpaired) electrons. The second-order valence-electron chi connectivity index (χ2n) is 5.15. The Bertz CT molecular complexity index is 748. The van der Waals surface area contributed by atoms with E-state index in [-0.39, 0.29) is 18.4 Å². The average Bonchev–Trinajstić information content (AvgIpc) is 2.54. The van der Waals surface area contributed by atoms with Crippen LogP contribution in [-0.2, 0) is 9.59 Å². The number of amides is 2. The smallest absolute Gasteiger partial charge is 0.243 e. The van der Waals surface area contributed by atoms with Crippen LogP contribution in [0.3, 0.4) is 0 Å². The van der Waals surface area contributed by atoms with E-state index in [0.29, 0.717) is 21.4 Å². The third-order valence-corrected chi connectivity index (χ3v) is 3.93. The van der Waals surface area contributed by atoms with Crippen LogP contribution in [0, 0.1) is 0 Å². The average molecular weight is 366 g/mol. The zero-order valence-corrected chi connectivity index (χ0v) is 14.8. The van der Waals surface area contributed by atoms with Crippen LogP contribution in [0.2, 0.25) is 10.0 Å². The molecule has 0 aliphatic rings. The van der Waals surface area contributed by atoms with Crippen molar-refractivity contribution in [1.82, 2.24) is 0 Å². The normalized spacial score (nSPS) is 10.2. The van der Waals surface area contributed by atoms with Gasteiger partial charge in [-0.15, -0.1) is 0 Å². The Morgan fingerprint density at radius 3 is 2.33 bits per heavy atom. The molecule has 2 rings (SSSR count). The maximum Gasteiger partial charge on any atom is 0.243 e. The number of benzene rings is 2. The van der Waals surface area contributed by atoms with Gasteiger partial charge in [0.25, 0.3) is 0 Å². The summed E-state index contributed by atoms with van der Waals surface area (Å²) in [5, 5.41) is 6.70. The third kappa shape index (κ3) is 4.88. The van der Waals surface area contributed by atoms with Gasteiger partial charge in [0.15, 0.2) is 0 Å². The van der Waals surface area contributed by atoms with Crippen molar-refractivity contribution in [2.75, 3.05) is 29.1 Å². The van der Waals surface area contributed by atoms with Crippen molar-refractivity contribution in [2.24, 2.45) is 0 Å². The van der Waals surface area contributed by atoms with Gasteiger partial charge < -0.3 is 15.5 Å². The van der Waals surface area contributed by atoms with Gasteiger partial charge in [-0.25, -0.2) is 0 Å². The van der Waals surface area contributed by atoms with Crippen molar-refractivity contribution in [3.8, 4) is 0 Å². The van der Waals surface area contributed by atoms with Gasteiger partial charge in [0.05, 0.1) is 17.3 Å². The van der Waals surface area contributed by atoms with Gasteiger partial charge in [0, 0.05) is 30.4 Å². The van der Waals surface area contributed by atoms with Crippen LogP contribution in [0.1, 0.15) is 6.92 Å². The lowest BCUT2D eigenvalue weighted by molar-refractivity contribution is -0.116. The molecule has 0 bridgehead atoms. The van der Waals surface area contributed by atoms with Crippen LogP contribution in [-0.4, -0.2) is 25.4 Å². The van der Waals surface area contributed by atoms with Crippen molar-refractivity contribution < 1.29 is 9.59 Å². The maximum absolute atomic E-state index is 12.0. The Labute approximate surface area is 150 Å². The minimum Gasteiger partial charge on any atom is -0.375 e. The van der Waals surface area contributed by atoms with Crippen molar-refractivity contribution in [3.05, 3.63) is 52.5 Å². The molecule has 7 heteroatoms. The Morgan fingerprint density at radius 2 is 1.75 bits per heavy atom. The number of hydrogen-bond acceptors (Lipinski definition) is 3. The van der Waals surface area contributed by atoms with Crippen LogP contribution >= 0.6 is 23.2 Å². The fourth-order valence-electron chi connectivity index (χ4n) is 1.96. The molecule has 126 valence electrons. The highest BCUT2D eigenvalue weighted by Crippen LogP contribution is 2.25. The van der Waals surface area contributed by atoms with Crippen molar-refractivity contribution in [1.29, 1.82) is 0 Å². The number of halogens is 2. The van der Waals surface area contributed by atoms with E-state index in [1.54, 1.807) is 49.5 Å². The molecule has 0 saturated heterocycles. The molecule has 24 heavy (non-hydrogen) atoms. The fraction of sp³-hybridized carbons (Fsp3) is 0.176. The van der Waals surface area contributed by atoms with Crippen molar-refractivity contribution in [3.63, 3.8) is 0 Å². The topological polar surface area (TPSA) is 61.4 Å². The molecule has 0 heterocycles. The van der Waals surface area contributed by atoms with Crippen LogP contribution in [0.4, 0.5) is 17.1 Å². The van der Waals surface area contributed by atoms with E-state index >= 15 is 0 Å². The lowest BCUT2D eigenvalue weighted by Gasteiger charge is -2.15. The molecule has 0 atom stereocenters. The standard InChI is InChI=1S/C17H17Cl2N3O2/c1-11(23)22(2)14-6-4-13(5-7-14)21-17(24)10-20-16-8-3-12(18)9-15(16)19/h3-9,20H,10H2,1-2H3,(H,21,24). The van der Waals surface area contributed by atoms with Crippen molar-refractivity contribution >= 4 is 52.1 Å². The number of carbonyl (C=O) groups is 2. The predicted octanol–water partition coefficient (Wildman–Crippen LogP) is 4.03. The monoisotopic (exact) mass is 365 g/mol. The quantitative estimate of drug-likeness (QED) is 0.840. The van der Waals surface area contributed by atoms with E-state index in [2.05, 4.69) is 10.6 Å². The van der Waals surface area contributed by atoms with E-state index in [0.717, 1.165) is 5.69 Å². The molecule has 5 nitrogen and oxygen atoms in total. The molecular formula is C17H17Cl2N3O2. The highest BCUT2D eigenvalue weighted by atomic mass is 35.5. The number of rotatable bonds is 5. The Morgan fingerprint density at radius 1 is 1.08 bits per heavy atom. The number of nitrogens with zero attached hydrogens (tertiary/aromatic N) is 1. The summed E-state index contributed by atoms with van der Waals surface area (Å²) in [6, 6.07) is 12.0. The molecule has 0 saturated carbocycles. The van der Waals surface area contributed by atoms with Gasteiger partial charge in [-0.2, -0.15) is 0 Å². The van der Waals surface area contributed by atoms with Gasteiger partial charge in [0.2, 0.25) is 11.8 Å². The molecule has 0 unspecified atom stereocenters. The number of hydrogen-bond donors (Lipinski definition) is 2. The molecule has 2 aromatic carbocycles. The van der Waals surface area contributed by atoms with Gasteiger partial charge in [-0.05, 0) is 42.5 Å². The summed E-state index contributed by atoms with van der Waals surface area (Å²) < 4.78 is 0. The molecule has 0 spiro atoms. The summed E-state index contributed by atoms with van der Waals surface area (Å²) in [6.45, 7) is 1.56. The van der Waals surface area contributed by atoms with Gasteiger partial charge >= 0.3 is 0 Å². The van der Waals surface area contributed by atoms with Crippen LogP contribution in [0.25, 0.3) is 0 Å². The zero-order valence-electron chi connectivity index (χ0n) is 13.3. The predicted molar refractivity (Wildman–Crippen MR) is 99.1 cm³/mol. The summed E-state index contributed by atoms with van der Waals surface area (Å²) in [4.78, 5) is 24.8. The lowest BCUT2D eigenvalue weighted by Crippen LogP contribution is -2.23. The van der Waals surface area contributed by atoms with Crippen LogP contribution in [0.5, 0.6) is 0 Å². The highest BCUT2D eigenvalue weighted by molar-refractivity contribution is 6.36. The van der Waals surface area contributed by atoms with E-state index in [4.69, 9.17) is 23.2 Å². The molecule has 0 aliphatic carbocycles. The Balaban J connectivity index is 1.91. The molecule has 0 fully saturated rings. The molecule has 0 aromatic heterocycles. The second kappa shape index (κ2) is 8.04. The maximum atomic E-state index is 12.0. The first-order chi connectivity index (χ1) is 11.4. The molecule has 2 amide bonds. The summed E-state index contributed by atoms with van der Waals surface area (Å²) in [7, 11) is 1.69. The number of anilines is 3. The first-order valence-electron chi connectivity index (χ1n) is 7.20. The van der Waals surface area contributed by atoms with Gasteiger partial charge in [0.1, 0.15) is 0 Å². The molecule has 2 aromatic rings. The Kier molecular flexibility index (Phi) is 6.06. The first-order valence-corrected chi connectivity index (χ1v) is 7.95. The Hall–Kier alpha value is -2.24. The zero-order chi connectivity index (χ0) is 17.7. The summed E-state index contributed by atoms with van der Waals surface area (Å²) in [6.07, 6.45) is 0. The SMILES string of the molecule is CC(=O)N(C)c1ccc(NC(=O)CNc2ccc(Cl)cc2Cl)cc1. The van der Waals surface area contributed by atoms with E-state index < -0.39 is 0 Å². The fourth-order valence-corrected chi connectivity index (χ4v) is 2.44. The lowest BCUT2D eigenvalue weighted by atomic mass is 10.2. The van der Waals surface area contributed by atoms with E-state index in [9.17, 15) is 9.59 Å². The minimum absolute atomic E-state index is 0.0594. The van der Waals surface area contributed by atoms with Crippen LogP contribution in [0.15, 0.2) is 42.5 Å². The third-order valence-electron chi connectivity index (χ3n) is 3.38. The van der Waals surface area contributed by atoms with Crippen molar-refractivity contribution in [2.45, 2.75) is 6.92 Å². The summed E-state index contributed by atoms with van der Waals surface area (Å²) >= 11 is 11.9. The van der Waals surface area contributed by atoms with Gasteiger partial charge in [-0.1, -0.05) is 23.2 Å². The highest BCUT2D eigenvalue weighted by Gasteiger charge is 2.07. The molecule has 0 aliphatic heterocycles. The summed E-state index contributed by atoms with van der Waals surface area (Å²) in [5.74, 6) is -0.274. The minimum atomic E-state index is -0.214. The molecular weight excluding hydrogens is 349 g/mol.